The zero-order valence-corrected chi connectivity index (χ0v) is 5.57. The highest BCUT2D eigenvalue weighted by Crippen LogP contribution is 1.86. The number of unbranched alkanes of at least 4 members (excludes halogenated alkanes) is 1. The molecular formula is C6H6ClO2. The molecule has 0 bridgehead atoms. The van der Waals surface area contributed by atoms with Gasteiger partial charge in [0, 0.05) is 11.8 Å². The van der Waals surface area contributed by atoms with Crippen LogP contribution in [0, 0.1) is 11.3 Å². The molecule has 0 heterocycles. The minimum Gasteiger partial charge on any atom is -0.457 e. The fraction of sp³-hybridized carbons (Fsp3) is 0.500. The Bertz CT molecular complexity index is 123. The Labute approximate surface area is 59.1 Å². The standard InChI is InChI=1S/C6H6ClO2/c7-4-2-1-3-5-9-6-8/h1,3,5H2. The molecule has 0 aliphatic heterocycles. The number of carbonyl (C=O) groups excluding carboxylic acids is 1. The van der Waals surface area contributed by atoms with Gasteiger partial charge in [0.25, 0.3) is 0 Å². The summed E-state index contributed by atoms with van der Waals surface area (Å²) in [5.74, 6) is 2.61. The first kappa shape index (κ1) is 8.32. The molecule has 49 valence electrons. The largest absolute Gasteiger partial charge is 0.457 e. The monoisotopic (exact) mass is 145 g/mol. The van der Waals surface area contributed by atoms with Crippen molar-refractivity contribution in [2.24, 2.45) is 0 Å². The van der Waals surface area contributed by atoms with Crippen LogP contribution in [-0.4, -0.2) is 13.1 Å². The van der Waals surface area contributed by atoms with E-state index in [2.05, 4.69) is 16.0 Å². The van der Waals surface area contributed by atoms with E-state index in [9.17, 15) is 4.79 Å². The van der Waals surface area contributed by atoms with E-state index < -0.39 is 0 Å². The van der Waals surface area contributed by atoms with Crippen LogP contribution in [0.4, 0.5) is 0 Å². The number of rotatable bonds is 4. The molecule has 0 amide bonds. The second kappa shape index (κ2) is 7.32. The van der Waals surface area contributed by atoms with Crippen molar-refractivity contribution in [2.75, 3.05) is 6.61 Å². The molecular weight excluding hydrogens is 140 g/mol. The summed E-state index contributed by atoms with van der Waals surface area (Å²) in [5.41, 5.74) is 0. The minimum absolute atomic E-state index is 0.370. The van der Waals surface area contributed by atoms with Gasteiger partial charge >= 0.3 is 6.47 Å². The van der Waals surface area contributed by atoms with E-state index in [4.69, 9.17) is 11.6 Å². The topological polar surface area (TPSA) is 26.3 Å². The van der Waals surface area contributed by atoms with Gasteiger partial charge in [0.2, 0.25) is 0 Å². The lowest BCUT2D eigenvalue weighted by atomic mass is 10.3. The summed E-state index contributed by atoms with van der Waals surface area (Å²) >= 11 is 5.04. The molecule has 0 aliphatic carbocycles. The molecule has 0 fully saturated rings. The maximum Gasteiger partial charge on any atom is 0.417 e. The molecule has 0 spiro atoms. The van der Waals surface area contributed by atoms with Crippen LogP contribution in [0.2, 0.25) is 0 Å². The lowest BCUT2D eigenvalue weighted by Crippen LogP contribution is -1.89. The highest BCUT2D eigenvalue weighted by molar-refractivity contribution is 6.30. The highest BCUT2D eigenvalue weighted by Gasteiger charge is 1.82. The molecule has 9 heavy (non-hydrogen) atoms. The van der Waals surface area contributed by atoms with Crippen LogP contribution in [0.5, 0.6) is 0 Å². The van der Waals surface area contributed by atoms with Gasteiger partial charge in [-0.25, -0.2) is 4.79 Å². The van der Waals surface area contributed by atoms with E-state index in [1.165, 1.54) is 6.47 Å². The van der Waals surface area contributed by atoms with E-state index in [0.29, 0.717) is 13.0 Å². The van der Waals surface area contributed by atoms with Crippen molar-refractivity contribution in [3.8, 4) is 11.3 Å². The average molecular weight is 146 g/mol. The van der Waals surface area contributed by atoms with Gasteiger partial charge in [-0.2, -0.15) is 0 Å². The van der Waals surface area contributed by atoms with E-state index in [-0.39, 0.29) is 0 Å². The summed E-state index contributed by atoms with van der Waals surface area (Å²) in [6.45, 7) is 1.68. The second-order valence-electron chi connectivity index (χ2n) is 1.31. The Hall–Kier alpha value is -0.680. The Morgan fingerprint density at radius 1 is 1.56 bits per heavy atom. The van der Waals surface area contributed by atoms with Gasteiger partial charge in [0.1, 0.15) is 0 Å². The molecule has 0 aromatic carbocycles. The number of ether oxygens (including phenoxy) is 1. The van der Waals surface area contributed by atoms with Crippen LogP contribution in [0.25, 0.3) is 0 Å². The fourth-order valence-electron chi connectivity index (χ4n) is 0.322. The third kappa shape index (κ3) is 7.32. The summed E-state index contributed by atoms with van der Waals surface area (Å²) in [7, 11) is 0. The van der Waals surface area contributed by atoms with Gasteiger partial charge in [-0.3, -0.25) is 0 Å². The van der Waals surface area contributed by atoms with Crippen LogP contribution in [0.3, 0.4) is 0 Å². The maximum absolute atomic E-state index is 9.43. The fourth-order valence-corrected chi connectivity index (χ4v) is 0.416. The molecule has 3 heteroatoms. The van der Waals surface area contributed by atoms with Crippen LogP contribution >= 0.6 is 11.6 Å². The van der Waals surface area contributed by atoms with E-state index in [1.54, 1.807) is 0 Å². The summed E-state index contributed by atoms with van der Waals surface area (Å²) in [4.78, 5) is 9.43. The summed E-state index contributed by atoms with van der Waals surface area (Å²) in [6.07, 6.45) is 1.38. The van der Waals surface area contributed by atoms with Crippen molar-refractivity contribution in [2.45, 2.75) is 12.8 Å². The van der Waals surface area contributed by atoms with Gasteiger partial charge in [-0.1, -0.05) is 5.92 Å². The molecule has 0 aromatic rings. The van der Waals surface area contributed by atoms with Crippen LogP contribution in [0.1, 0.15) is 12.8 Å². The average Bonchev–Trinajstić information content (AvgIpc) is 1.89. The molecule has 0 aliphatic rings. The first-order valence-electron chi connectivity index (χ1n) is 2.49. The predicted octanol–water partition coefficient (Wildman–Crippen LogP) is 1.05. The maximum atomic E-state index is 9.43. The van der Waals surface area contributed by atoms with Crippen molar-refractivity contribution in [1.29, 1.82) is 0 Å². The van der Waals surface area contributed by atoms with Gasteiger partial charge < -0.3 is 4.74 Å². The highest BCUT2D eigenvalue weighted by atomic mass is 35.5. The molecule has 1 radical (unpaired) electrons. The van der Waals surface area contributed by atoms with Gasteiger partial charge in [0.15, 0.2) is 0 Å². The van der Waals surface area contributed by atoms with Gasteiger partial charge in [0.05, 0.1) is 6.61 Å². The zero-order valence-electron chi connectivity index (χ0n) is 4.82. The molecule has 0 aromatic heterocycles. The molecule has 0 rings (SSSR count). The molecule has 2 nitrogen and oxygen atoms in total. The quantitative estimate of drug-likeness (QED) is 0.437. The third-order valence-electron chi connectivity index (χ3n) is 0.674. The van der Waals surface area contributed by atoms with E-state index in [0.717, 1.165) is 6.42 Å². The van der Waals surface area contributed by atoms with Crippen molar-refractivity contribution < 1.29 is 9.53 Å². The minimum atomic E-state index is 0.370. The Balaban J connectivity index is 2.88. The Kier molecular flexibility index (Phi) is 6.77. The first-order valence-corrected chi connectivity index (χ1v) is 2.87. The molecule has 0 atom stereocenters. The van der Waals surface area contributed by atoms with Gasteiger partial charge in [-0.05, 0) is 18.0 Å². The van der Waals surface area contributed by atoms with Crippen LogP contribution < -0.4 is 0 Å². The van der Waals surface area contributed by atoms with Crippen molar-refractivity contribution in [3.05, 3.63) is 0 Å². The molecule has 0 saturated carbocycles. The first-order chi connectivity index (χ1) is 4.41. The zero-order chi connectivity index (χ0) is 6.95. The van der Waals surface area contributed by atoms with Crippen molar-refractivity contribution >= 4 is 18.1 Å². The lowest BCUT2D eigenvalue weighted by molar-refractivity contribution is 0.275. The number of hydrogen-bond acceptors (Lipinski definition) is 2. The third-order valence-corrected chi connectivity index (χ3v) is 0.808. The molecule has 0 unspecified atom stereocenters. The van der Waals surface area contributed by atoms with Crippen LogP contribution in [-0.2, 0) is 9.53 Å². The van der Waals surface area contributed by atoms with Crippen molar-refractivity contribution in [1.82, 2.24) is 0 Å². The smallest absolute Gasteiger partial charge is 0.417 e. The predicted molar refractivity (Wildman–Crippen MR) is 34.5 cm³/mol. The summed E-state index contributed by atoms with van der Waals surface area (Å²) < 4.78 is 4.26. The number of halogens is 1. The normalized spacial score (nSPS) is 7.22. The van der Waals surface area contributed by atoms with E-state index in [1.807, 2.05) is 0 Å². The Morgan fingerprint density at radius 3 is 2.89 bits per heavy atom. The summed E-state index contributed by atoms with van der Waals surface area (Å²) in [5, 5.41) is 2.21. The molecule has 0 saturated heterocycles. The van der Waals surface area contributed by atoms with Crippen LogP contribution in [0.15, 0.2) is 0 Å². The lowest BCUT2D eigenvalue weighted by Gasteiger charge is -1.89. The molecule has 0 N–H and O–H groups in total. The Morgan fingerprint density at radius 2 is 2.33 bits per heavy atom. The number of hydrogen-bond donors (Lipinski definition) is 0. The van der Waals surface area contributed by atoms with Crippen molar-refractivity contribution in [3.63, 3.8) is 0 Å². The second-order valence-corrected chi connectivity index (χ2v) is 1.50. The van der Waals surface area contributed by atoms with E-state index >= 15 is 0 Å². The SMILES string of the molecule is O=[C]OCCCC#CCl. The van der Waals surface area contributed by atoms with Gasteiger partial charge in [-0.15, -0.1) is 0 Å². The summed E-state index contributed by atoms with van der Waals surface area (Å²) in [6, 6.07) is 0.